The van der Waals surface area contributed by atoms with E-state index in [0.717, 1.165) is 28.5 Å². The van der Waals surface area contributed by atoms with Crippen LogP contribution in [0.2, 0.25) is 0 Å². The Hall–Kier alpha value is -4.18. The van der Waals surface area contributed by atoms with E-state index in [1.807, 2.05) is 24.3 Å². The van der Waals surface area contributed by atoms with Gasteiger partial charge in [-0.2, -0.15) is 13.2 Å². The number of alkyl halides is 3. The molecular weight excluding hydrogens is 502 g/mol. The van der Waals surface area contributed by atoms with E-state index in [2.05, 4.69) is 10.3 Å². The molecule has 1 aliphatic heterocycles. The summed E-state index contributed by atoms with van der Waals surface area (Å²) in [6, 6.07) is 14.7. The van der Waals surface area contributed by atoms with E-state index in [4.69, 9.17) is 9.47 Å². The van der Waals surface area contributed by atoms with Gasteiger partial charge in [-0.05, 0) is 41.8 Å². The van der Waals surface area contributed by atoms with Crippen molar-refractivity contribution in [3.8, 4) is 5.75 Å². The van der Waals surface area contributed by atoms with E-state index in [9.17, 15) is 22.4 Å². The summed E-state index contributed by atoms with van der Waals surface area (Å²) in [6.07, 6.45) is -1.29. The van der Waals surface area contributed by atoms with Gasteiger partial charge in [0, 0.05) is 53.4 Å². The number of halogens is 4. The predicted molar refractivity (Wildman–Crippen MR) is 135 cm³/mol. The largest absolute Gasteiger partial charge is 0.486 e. The highest BCUT2D eigenvalue weighted by Crippen LogP contribution is 2.38. The third kappa shape index (κ3) is 5.55. The molecule has 1 amide bonds. The van der Waals surface area contributed by atoms with Gasteiger partial charge in [0.1, 0.15) is 6.61 Å². The molecule has 0 aliphatic carbocycles. The van der Waals surface area contributed by atoms with Gasteiger partial charge < -0.3 is 19.7 Å². The second kappa shape index (κ2) is 10.7. The molecule has 0 radical (unpaired) electrons. The van der Waals surface area contributed by atoms with Gasteiger partial charge >= 0.3 is 6.18 Å². The van der Waals surface area contributed by atoms with Crippen LogP contribution in [0.5, 0.6) is 5.75 Å². The number of ether oxygens (including phenoxy) is 2. The van der Waals surface area contributed by atoms with Crippen LogP contribution in [0, 0.1) is 5.82 Å². The second-order valence-electron chi connectivity index (χ2n) is 8.74. The topological polar surface area (TPSA) is 63.7 Å². The normalized spacial score (nSPS) is 13.9. The van der Waals surface area contributed by atoms with Gasteiger partial charge in [0.15, 0.2) is 11.6 Å². The highest BCUT2D eigenvalue weighted by molar-refractivity contribution is 6.04. The van der Waals surface area contributed by atoms with E-state index >= 15 is 0 Å². The number of hydrogen-bond acceptors (Lipinski definition) is 5. The Balaban J connectivity index is 1.34. The summed E-state index contributed by atoms with van der Waals surface area (Å²) in [5, 5.41) is 4.28. The molecule has 6 nitrogen and oxygen atoms in total. The number of nitrogens with one attached hydrogen (secondary N) is 1. The molecule has 1 saturated heterocycles. The number of morpholine rings is 1. The highest BCUT2D eigenvalue weighted by Gasteiger charge is 2.35. The number of anilines is 2. The van der Waals surface area contributed by atoms with Crippen molar-refractivity contribution in [1.29, 1.82) is 0 Å². The van der Waals surface area contributed by atoms with Crippen LogP contribution in [0.3, 0.4) is 0 Å². The van der Waals surface area contributed by atoms with Crippen LogP contribution in [-0.4, -0.2) is 37.2 Å². The SMILES string of the molecule is O=C(Nc1ccc(N2CCOCC2)c(C(F)(F)F)c1)c1ccc(F)c(OCc2cncc3ccccc23)c1. The zero-order valence-electron chi connectivity index (χ0n) is 20.1. The standard InChI is InChI=1S/C28H23F4N3O3/c29-24-7-5-18(13-26(24)38-17-20-16-33-15-19-3-1-2-4-22(19)20)27(36)34-21-6-8-25(23(14-21)28(30,31)32)35-9-11-37-12-10-35/h1-8,13-16H,9-12,17H2,(H,34,36). The van der Waals surface area contributed by atoms with Gasteiger partial charge in [-0.3, -0.25) is 9.78 Å². The molecule has 0 bridgehead atoms. The lowest BCUT2D eigenvalue weighted by Gasteiger charge is -2.31. The second-order valence-corrected chi connectivity index (χ2v) is 8.74. The Morgan fingerprint density at radius 1 is 1.03 bits per heavy atom. The number of nitrogens with zero attached hydrogens (tertiary/aromatic N) is 2. The van der Waals surface area contributed by atoms with Gasteiger partial charge in [0.2, 0.25) is 0 Å². The van der Waals surface area contributed by atoms with Crippen LogP contribution < -0.4 is 15.0 Å². The first-order chi connectivity index (χ1) is 18.3. The van der Waals surface area contributed by atoms with Crippen LogP contribution in [0.1, 0.15) is 21.5 Å². The molecule has 0 unspecified atom stereocenters. The smallest absolute Gasteiger partial charge is 0.418 e. The number of pyridine rings is 1. The molecule has 1 N–H and O–H groups in total. The van der Waals surface area contributed by atoms with E-state index in [0.29, 0.717) is 26.3 Å². The number of carbonyl (C=O) groups excluding carboxylic acids is 1. The number of amides is 1. The Morgan fingerprint density at radius 3 is 2.61 bits per heavy atom. The van der Waals surface area contributed by atoms with E-state index < -0.39 is 23.5 Å². The molecule has 5 rings (SSSR count). The van der Waals surface area contributed by atoms with Crippen LogP contribution in [0.25, 0.3) is 10.8 Å². The van der Waals surface area contributed by atoms with Crippen molar-refractivity contribution in [2.24, 2.45) is 0 Å². The third-order valence-corrected chi connectivity index (χ3v) is 6.24. The Bertz CT molecular complexity index is 1460. The predicted octanol–water partition coefficient (Wildman–Crippen LogP) is 6.06. The van der Waals surface area contributed by atoms with Crippen molar-refractivity contribution in [1.82, 2.24) is 4.98 Å². The summed E-state index contributed by atoms with van der Waals surface area (Å²) in [5.41, 5.74) is -0.100. The van der Waals surface area contributed by atoms with Gasteiger partial charge in [-0.15, -0.1) is 0 Å². The number of rotatable bonds is 6. The molecule has 196 valence electrons. The van der Waals surface area contributed by atoms with Gasteiger partial charge in [0.25, 0.3) is 5.91 Å². The molecule has 38 heavy (non-hydrogen) atoms. The molecular formula is C28H23F4N3O3. The minimum Gasteiger partial charge on any atom is -0.486 e. The third-order valence-electron chi connectivity index (χ3n) is 6.24. The molecule has 1 aliphatic rings. The zero-order valence-corrected chi connectivity index (χ0v) is 20.1. The summed E-state index contributed by atoms with van der Waals surface area (Å²) >= 11 is 0. The summed E-state index contributed by atoms with van der Waals surface area (Å²) < 4.78 is 66.9. The molecule has 0 atom stereocenters. The van der Waals surface area contributed by atoms with Gasteiger partial charge in [-0.1, -0.05) is 24.3 Å². The van der Waals surface area contributed by atoms with Crippen LogP contribution >= 0.6 is 0 Å². The number of carbonyl (C=O) groups is 1. The Kier molecular flexibility index (Phi) is 7.15. The number of benzene rings is 3. The maximum absolute atomic E-state index is 14.5. The molecule has 10 heteroatoms. The summed E-state index contributed by atoms with van der Waals surface area (Å²) in [6.45, 7) is 1.35. The summed E-state index contributed by atoms with van der Waals surface area (Å²) in [7, 11) is 0. The maximum atomic E-state index is 14.5. The zero-order chi connectivity index (χ0) is 26.7. The monoisotopic (exact) mass is 525 g/mol. The van der Waals surface area contributed by atoms with Crippen molar-refractivity contribution in [2.45, 2.75) is 12.8 Å². The Morgan fingerprint density at radius 2 is 1.82 bits per heavy atom. The highest BCUT2D eigenvalue weighted by atomic mass is 19.4. The van der Waals surface area contributed by atoms with Gasteiger partial charge in [-0.25, -0.2) is 4.39 Å². The maximum Gasteiger partial charge on any atom is 0.418 e. The number of aromatic nitrogens is 1. The lowest BCUT2D eigenvalue weighted by atomic mass is 10.1. The molecule has 1 aromatic heterocycles. The number of hydrogen-bond donors (Lipinski definition) is 1. The fourth-order valence-electron chi connectivity index (χ4n) is 4.33. The molecule has 1 fully saturated rings. The molecule has 3 aromatic carbocycles. The first kappa shape index (κ1) is 25.5. The van der Waals surface area contributed by atoms with Gasteiger partial charge in [0.05, 0.1) is 18.8 Å². The molecule has 0 spiro atoms. The minimum atomic E-state index is -4.62. The Labute approximate surface area is 215 Å². The van der Waals surface area contributed by atoms with Crippen LogP contribution in [-0.2, 0) is 17.5 Å². The minimum absolute atomic E-state index is 0.00822. The van der Waals surface area contributed by atoms with Crippen molar-refractivity contribution in [3.05, 3.63) is 95.6 Å². The molecule has 4 aromatic rings. The van der Waals surface area contributed by atoms with E-state index in [-0.39, 0.29) is 29.3 Å². The van der Waals surface area contributed by atoms with Crippen LogP contribution in [0.4, 0.5) is 28.9 Å². The molecule has 0 saturated carbocycles. The fraction of sp³-hybridized carbons (Fsp3) is 0.214. The molecule has 2 heterocycles. The number of fused-ring (bicyclic) bond motifs is 1. The van der Waals surface area contributed by atoms with Crippen molar-refractivity contribution < 1.29 is 31.8 Å². The summed E-state index contributed by atoms with van der Waals surface area (Å²) in [4.78, 5) is 18.6. The van der Waals surface area contributed by atoms with Crippen LogP contribution in [0.15, 0.2) is 73.1 Å². The van der Waals surface area contributed by atoms with Crippen molar-refractivity contribution in [3.63, 3.8) is 0 Å². The van der Waals surface area contributed by atoms with Crippen molar-refractivity contribution in [2.75, 3.05) is 36.5 Å². The lowest BCUT2D eigenvalue weighted by Crippen LogP contribution is -2.37. The summed E-state index contributed by atoms with van der Waals surface area (Å²) in [5.74, 6) is -1.54. The average Bonchev–Trinajstić information content (AvgIpc) is 2.92. The van der Waals surface area contributed by atoms with E-state index in [1.165, 1.54) is 24.3 Å². The van der Waals surface area contributed by atoms with Crippen molar-refractivity contribution >= 4 is 28.1 Å². The fourth-order valence-corrected chi connectivity index (χ4v) is 4.33. The average molecular weight is 526 g/mol. The lowest BCUT2D eigenvalue weighted by molar-refractivity contribution is -0.137. The van der Waals surface area contributed by atoms with E-state index in [1.54, 1.807) is 17.3 Å². The quantitative estimate of drug-likeness (QED) is 0.310. The first-order valence-corrected chi connectivity index (χ1v) is 11.9. The first-order valence-electron chi connectivity index (χ1n) is 11.9.